The summed E-state index contributed by atoms with van der Waals surface area (Å²) >= 11 is 11.4. The van der Waals surface area contributed by atoms with E-state index >= 15 is 0 Å². The van der Waals surface area contributed by atoms with Gasteiger partial charge in [-0.1, -0.05) is 11.6 Å². The Bertz CT molecular complexity index is 681. The third-order valence-corrected chi connectivity index (χ3v) is 6.61. The van der Waals surface area contributed by atoms with Crippen molar-refractivity contribution in [2.24, 2.45) is 23.7 Å². The van der Waals surface area contributed by atoms with Gasteiger partial charge in [-0.2, -0.15) is 0 Å². The van der Waals surface area contributed by atoms with Crippen LogP contribution in [0.4, 0.5) is 0 Å². The fraction of sp³-hybridized carbons (Fsp3) is 0.579. The van der Waals surface area contributed by atoms with Gasteiger partial charge in [-0.25, -0.2) is 0 Å². The van der Waals surface area contributed by atoms with Gasteiger partial charge in [-0.15, -0.1) is 0 Å². The molecule has 134 valence electrons. The van der Waals surface area contributed by atoms with E-state index in [0.717, 1.165) is 11.8 Å². The van der Waals surface area contributed by atoms with E-state index in [0.29, 0.717) is 39.3 Å². The third-order valence-electron chi connectivity index (χ3n) is 6.16. The second-order valence-corrected chi connectivity index (χ2v) is 8.57. The van der Waals surface area contributed by atoms with Crippen LogP contribution in [0.1, 0.15) is 42.5 Å². The molecule has 4 bridgehead atoms. The molecule has 4 nitrogen and oxygen atoms in total. The van der Waals surface area contributed by atoms with E-state index in [-0.39, 0.29) is 5.91 Å². The zero-order chi connectivity index (χ0) is 17.6. The molecule has 4 saturated carbocycles. The fourth-order valence-corrected chi connectivity index (χ4v) is 5.78. The Morgan fingerprint density at radius 3 is 2.40 bits per heavy atom. The van der Waals surface area contributed by atoms with Crippen molar-refractivity contribution >= 4 is 34.8 Å². The summed E-state index contributed by atoms with van der Waals surface area (Å²) in [5.74, 6) is 3.43. The maximum atomic E-state index is 12.6. The summed E-state index contributed by atoms with van der Waals surface area (Å²) < 4.78 is 5.25. The Balaban J connectivity index is 1.41. The molecule has 0 radical (unpaired) electrons. The Morgan fingerprint density at radius 2 is 1.80 bits per heavy atom. The van der Waals surface area contributed by atoms with Crippen LogP contribution in [0.15, 0.2) is 18.2 Å². The van der Waals surface area contributed by atoms with Gasteiger partial charge < -0.3 is 10.1 Å². The number of ether oxygens (including phenoxy) is 1. The summed E-state index contributed by atoms with van der Waals surface area (Å²) in [5, 5.41) is 7.14. The highest BCUT2D eigenvalue weighted by molar-refractivity contribution is 7.80. The molecule has 1 aromatic rings. The lowest BCUT2D eigenvalue weighted by Crippen LogP contribution is -2.57. The summed E-state index contributed by atoms with van der Waals surface area (Å²) in [6.45, 7) is 0. The van der Waals surface area contributed by atoms with E-state index in [1.54, 1.807) is 18.2 Å². The molecule has 0 aromatic heterocycles. The minimum atomic E-state index is -0.291. The standard InChI is InChI=1S/C19H23ClN2O2S/c1-24-16-3-2-14(20)9-15(16)18(23)22-19(25)21-17-12-5-10-4-11(7-12)8-13(17)6-10/h2-3,9-13,17H,4-8H2,1H3,(H2,21,22,23,25). The van der Waals surface area contributed by atoms with Crippen LogP contribution in [-0.2, 0) is 0 Å². The minimum absolute atomic E-state index is 0.291. The van der Waals surface area contributed by atoms with Gasteiger partial charge in [0.2, 0.25) is 0 Å². The van der Waals surface area contributed by atoms with Gasteiger partial charge in [-0.05, 0) is 86.2 Å². The minimum Gasteiger partial charge on any atom is -0.496 e. The second-order valence-electron chi connectivity index (χ2n) is 7.73. The molecule has 0 aliphatic heterocycles. The van der Waals surface area contributed by atoms with E-state index in [4.69, 9.17) is 28.6 Å². The Kier molecular flexibility index (Phi) is 4.63. The molecule has 6 heteroatoms. The molecule has 1 aromatic carbocycles. The van der Waals surface area contributed by atoms with Crippen molar-refractivity contribution in [3.05, 3.63) is 28.8 Å². The third kappa shape index (κ3) is 3.36. The van der Waals surface area contributed by atoms with E-state index in [1.165, 1.54) is 39.2 Å². The first kappa shape index (κ1) is 17.1. The molecular weight excluding hydrogens is 356 g/mol. The average molecular weight is 379 g/mol. The molecule has 1 amide bonds. The van der Waals surface area contributed by atoms with Gasteiger partial charge in [0, 0.05) is 11.1 Å². The van der Waals surface area contributed by atoms with Crippen molar-refractivity contribution in [2.45, 2.75) is 38.1 Å². The van der Waals surface area contributed by atoms with Crippen LogP contribution >= 0.6 is 23.8 Å². The van der Waals surface area contributed by atoms with Crippen LogP contribution in [0.2, 0.25) is 5.02 Å². The van der Waals surface area contributed by atoms with Crippen LogP contribution in [0.3, 0.4) is 0 Å². The van der Waals surface area contributed by atoms with Crippen LogP contribution in [0, 0.1) is 23.7 Å². The van der Waals surface area contributed by atoms with Gasteiger partial charge in [0.25, 0.3) is 5.91 Å². The molecule has 4 aliphatic carbocycles. The second kappa shape index (κ2) is 6.76. The number of halogens is 1. The highest BCUT2D eigenvalue weighted by atomic mass is 35.5. The van der Waals surface area contributed by atoms with E-state index < -0.39 is 0 Å². The highest BCUT2D eigenvalue weighted by Crippen LogP contribution is 2.53. The lowest BCUT2D eigenvalue weighted by atomic mass is 9.54. The van der Waals surface area contributed by atoms with Gasteiger partial charge in [0.15, 0.2) is 5.11 Å². The largest absolute Gasteiger partial charge is 0.496 e. The maximum absolute atomic E-state index is 12.6. The summed E-state index contributed by atoms with van der Waals surface area (Å²) in [6, 6.07) is 5.39. The SMILES string of the molecule is COc1ccc(Cl)cc1C(=O)NC(=S)NC1C2CC3CC(C2)CC1C3. The summed E-state index contributed by atoms with van der Waals surface area (Å²) in [4.78, 5) is 12.6. The van der Waals surface area contributed by atoms with Crippen molar-refractivity contribution in [1.29, 1.82) is 0 Å². The molecule has 5 rings (SSSR count). The predicted octanol–water partition coefficient (Wildman–Crippen LogP) is 3.78. The molecule has 0 atom stereocenters. The molecule has 0 saturated heterocycles. The number of hydrogen-bond acceptors (Lipinski definition) is 3. The Morgan fingerprint density at radius 1 is 1.16 bits per heavy atom. The van der Waals surface area contributed by atoms with Crippen LogP contribution in [0.25, 0.3) is 0 Å². The van der Waals surface area contributed by atoms with Gasteiger partial charge in [0.05, 0.1) is 12.7 Å². The first-order chi connectivity index (χ1) is 12.0. The summed E-state index contributed by atoms with van der Waals surface area (Å²) in [7, 11) is 1.53. The number of carbonyl (C=O) groups excluding carboxylic acids is 1. The topological polar surface area (TPSA) is 50.4 Å². The monoisotopic (exact) mass is 378 g/mol. The highest BCUT2D eigenvalue weighted by Gasteiger charge is 2.48. The molecule has 0 heterocycles. The molecule has 25 heavy (non-hydrogen) atoms. The van der Waals surface area contributed by atoms with E-state index in [2.05, 4.69) is 10.6 Å². The van der Waals surface area contributed by atoms with Gasteiger partial charge in [-0.3, -0.25) is 10.1 Å². The molecular formula is C19H23ClN2O2S. The lowest BCUT2D eigenvalue weighted by molar-refractivity contribution is -0.00692. The number of methoxy groups -OCH3 is 1. The quantitative estimate of drug-likeness (QED) is 0.786. The number of hydrogen-bond donors (Lipinski definition) is 2. The maximum Gasteiger partial charge on any atom is 0.261 e. The van der Waals surface area contributed by atoms with Gasteiger partial charge in [0.1, 0.15) is 5.75 Å². The average Bonchev–Trinajstić information content (AvgIpc) is 2.57. The number of amides is 1. The lowest BCUT2D eigenvalue weighted by Gasteiger charge is -2.54. The van der Waals surface area contributed by atoms with Crippen LogP contribution < -0.4 is 15.4 Å². The van der Waals surface area contributed by atoms with E-state index in [9.17, 15) is 4.79 Å². The van der Waals surface area contributed by atoms with Gasteiger partial charge >= 0.3 is 0 Å². The molecule has 0 unspecified atom stereocenters. The van der Waals surface area contributed by atoms with E-state index in [1.807, 2.05) is 0 Å². The zero-order valence-electron chi connectivity index (χ0n) is 14.3. The summed E-state index contributed by atoms with van der Waals surface area (Å²) in [5.41, 5.74) is 0.393. The number of thiocarbonyl (C=S) groups is 1. The molecule has 4 aliphatic rings. The first-order valence-electron chi connectivity index (χ1n) is 8.99. The Labute approximate surface area is 158 Å². The van der Waals surface area contributed by atoms with Crippen LogP contribution in [-0.4, -0.2) is 24.2 Å². The zero-order valence-corrected chi connectivity index (χ0v) is 15.8. The first-order valence-corrected chi connectivity index (χ1v) is 9.77. The number of carbonyl (C=O) groups is 1. The molecule has 4 fully saturated rings. The normalized spacial score (nSPS) is 32.3. The van der Waals surface area contributed by atoms with Crippen molar-refractivity contribution in [2.75, 3.05) is 7.11 Å². The van der Waals surface area contributed by atoms with Crippen molar-refractivity contribution in [1.82, 2.24) is 10.6 Å². The Hall–Kier alpha value is -1.33. The number of rotatable bonds is 3. The smallest absolute Gasteiger partial charge is 0.261 e. The summed E-state index contributed by atoms with van der Waals surface area (Å²) in [6.07, 6.45) is 6.66. The van der Waals surface area contributed by atoms with Crippen molar-refractivity contribution in [3.8, 4) is 5.75 Å². The number of benzene rings is 1. The van der Waals surface area contributed by atoms with Crippen molar-refractivity contribution in [3.63, 3.8) is 0 Å². The molecule has 0 spiro atoms. The van der Waals surface area contributed by atoms with Crippen LogP contribution in [0.5, 0.6) is 5.75 Å². The number of nitrogens with one attached hydrogen (secondary N) is 2. The fourth-order valence-electron chi connectivity index (χ4n) is 5.38. The van der Waals surface area contributed by atoms with Crippen molar-refractivity contribution < 1.29 is 9.53 Å². The molecule has 2 N–H and O–H groups in total. The predicted molar refractivity (Wildman–Crippen MR) is 102 cm³/mol.